The molecule has 0 saturated carbocycles. The summed E-state index contributed by atoms with van der Waals surface area (Å²) < 4.78 is 8.36. The maximum absolute atomic E-state index is 5.98. The molecule has 4 heteroatoms. The molecule has 30 heavy (non-hydrogen) atoms. The van der Waals surface area contributed by atoms with Gasteiger partial charge in [0.15, 0.2) is 0 Å². The minimum absolute atomic E-state index is 0.740. The maximum atomic E-state index is 5.98. The van der Waals surface area contributed by atoms with Crippen LogP contribution in [0.15, 0.2) is 77.7 Å². The Hall–Kier alpha value is -2.72. The van der Waals surface area contributed by atoms with Gasteiger partial charge in [-0.15, -0.1) is 11.8 Å². The topological polar surface area (TPSA) is 27.1 Å². The number of thioether (sulfide) groups is 1. The Balaban J connectivity index is 1.37. The Morgan fingerprint density at radius 3 is 2.40 bits per heavy atom. The van der Waals surface area contributed by atoms with E-state index in [1.54, 1.807) is 0 Å². The number of aryl methyl sites for hydroxylation is 3. The summed E-state index contributed by atoms with van der Waals surface area (Å²) in [7, 11) is 0. The molecule has 0 unspecified atom stereocenters. The first kappa shape index (κ1) is 20.5. The number of rotatable bonds is 9. The first-order valence-electron chi connectivity index (χ1n) is 10.5. The fourth-order valence-corrected chi connectivity index (χ4v) is 4.59. The zero-order chi connectivity index (χ0) is 20.8. The molecule has 4 aromatic rings. The SMILES string of the molecule is Cc1cc(C)cc(OCCCCn2c(CSc3ccccc3)nc3ccccc32)c1. The van der Waals surface area contributed by atoms with Gasteiger partial charge in [-0.05, 0) is 74.2 Å². The van der Waals surface area contributed by atoms with Crippen LogP contribution in [0.25, 0.3) is 11.0 Å². The average molecular weight is 417 g/mol. The molecule has 4 rings (SSSR count). The molecule has 1 heterocycles. The second kappa shape index (κ2) is 9.86. The maximum Gasteiger partial charge on any atom is 0.120 e. The quantitative estimate of drug-likeness (QED) is 0.222. The van der Waals surface area contributed by atoms with Gasteiger partial charge < -0.3 is 9.30 Å². The average Bonchev–Trinajstić information content (AvgIpc) is 3.10. The largest absolute Gasteiger partial charge is 0.494 e. The smallest absolute Gasteiger partial charge is 0.120 e. The van der Waals surface area contributed by atoms with Gasteiger partial charge in [0.25, 0.3) is 0 Å². The minimum atomic E-state index is 0.740. The van der Waals surface area contributed by atoms with Crippen molar-refractivity contribution in [3.8, 4) is 5.75 Å². The lowest BCUT2D eigenvalue weighted by Gasteiger charge is -2.11. The fraction of sp³-hybridized carbons (Fsp3) is 0.269. The number of hydrogen-bond donors (Lipinski definition) is 0. The highest BCUT2D eigenvalue weighted by Gasteiger charge is 2.10. The number of benzene rings is 3. The van der Waals surface area contributed by atoms with Gasteiger partial charge in [-0.3, -0.25) is 0 Å². The summed E-state index contributed by atoms with van der Waals surface area (Å²) in [5, 5.41) is 0. The van der Waals surface area contributed by atoms with Crippen LogP contribution in [0.5, 0.6) is 5.75 Å². The molecular weight excluding hydrogens is 388 g/mol. The Morgan fingerprint density at radius 1 is 0.867 bits per heavy atom. The molecule has 154 valence electrons. The summed E-state index contributed by atoms with van der Waals surface area (Å²) in [5.74, 6) is 2.98. The Kier molecular flexibility index (Phi) is 6.75. The van der Waals surface area contributed by atoms with Crippen LogP contribution >= 0.6 is 11.8 Å². The second-order valence-corrected chi connectivity index (χ2v) is 8.70. The highest BCUT2D eigenvalue weighted by Crippen LogP contribution is 2.25. The van der Waals surface area contributed by atoms with Crippen LogP contribution in [0, 0.1) is 13.8 Å². The molecule has 0 amide bonds. The molecular formula is C26H28N2OS. The number of unbranched alkanes of at least 4 members (excludes halogenated alkanes) is 1. The van der Waals surface area contributed by atoms with E-state index in [1.807, 2.05) is 11.8 Å². The van der Waals surface area contributed by atoms with Gasteiger partial charge in [0.05, 0.1) is 23.4 Å². The highest BCUT2D eigenvalue weighted by atomic mass is 32.2. The lowest BCUT2D eigenvalue weighted by molar-refractivity contribution is 0.303. The molecule has 0 radical (unpaired) electrons. The van der Waals surface area contributed by atoms with Crippen LogP contribution in [0.4, 0.5) is 0 Å². The summed E-state index contributed by atoms with van der Waals surface area (Å²) >= 11 is 1.84. The van der Waals surface area contributed by atoms with Gasteiger partial charge in [0.1, 0.15) is 11.6 Å². The monoisotopic (exact) mass is 416 g/mol. The third-order valence-corrected chi connectivity index (χ3v) is 6.09. The first-order valence-corrected chi connectivity index (χ1v) is 11.5. The molecule has 1 aromatic heterocycles. The highest BCUT2D eigenvalue weighted by molar-refractivity contribution is 7.98. The van der Waals surface area contributed by atoms with Crippen molar-refractivity contribution in [1.29, 1.82) is 0 Å². The first-order chi connectivity index (χ1) is 14.7. The van der Waals surface area contributed by atoms with Gasteiger partial charge in [-0.25, -0.2) is 4.98 Å². The van der Waals surface area contributed by atoms with Gasteiger partial charge in [0, 0.05) is 11.4 Å². The van der Waals surface area contributed by atoms with Gasteiger partial charge >= 0.3 is 0 Å². The van der Waals surface area contributed by atoms with Crippen LogP contribution in [0.3, 0.4) is 0 Å². The molecule has 3 aromatic carbocycles. The molecule has 3 nitrogen and oxygen atoms in total. The lowest BCUT2D eigenvalue weighted by Crippen LogP contribution is -2.05. The van der Waals surface area contributed by atoms with Gasteiger partial charge in [-0.2, -0.15) is 0 Å². The number of fused-ring (bicyclic) bond motifs is 1. The Bertz CT molecular complexity index is 1080. The zero-order valence-electron chi connectivity index (χ0n) is 17.7. The van der Waals surface area contributed by atoms with Crippen molar-refractivity contribution in [3.63, 3.8) is 0 Å². The van der Waals surface area contributed by atoms with Crippen molar-refractivity contribution in [2.24, 2.45) is 0 Å². The Morgan fingerprint density at radius 2 is 1.60 bits per heavy atom. The number of ether oxygens (including phenoxy) is 1. The summed E-state index contributed by atoms with van der Waals surface area (Å²) in [6, 6.07) is 25.3. The van der Waals surface area contributed by atoms with E-state index >= 15 is 0 Å². The molecule has 0 atom stereocenters. The van der Waals surface area contributed by atoms with Gasteiger partial charge in [0.2, 0.25) is 0 Å². The molecule has 0 aliphatic heterocycles. The van der Waals surface area contributed by atoms with E-state index in [0.29, 0.717) is 0 Å². The molecule has 0 spiro atoms. The molecule has 0 saturated heterocycles. The van der Waals surface area contributed by atoms with Crippen molar-refractivity contribution in [1.82, 2.24) is 9.55 Å². The van der Waals surface area contributed by atoms with E-state index in [2.05, 4.69) is 91.2 Å². The Labute approximate surface area is 183 Å². The molecule has 0 aliphatic carbocycles. The van der Waals surface area contributed by atoms with Crippen LogP contribution in [-0.2, 0) is 12.3 Å². The summed E-state index contributed by atoms with van der Waals surface area (Å²) in [5.41, 5.74) is 4.79. The van der Waals surface area contributed by atoms with Crippen molar-refractivity contribution >= 4 is 22.8 Å². The molecule has 0 fully saturated rings. The van der Waals surface area contributed by atoms with Crippen LogP contribution in [0.1, 0.15) is 29.8 Å². The summed E-state index contributed by atoms with van der Waals surface area (Å²) in [6.45, 7) is 5.92. The van der Waals surface area contributed by atoms with E-state index in [0.717, 1.165) is 48.8 Å². The molecule has 0 N–H and O–H groups in total. The van der Waals surface area contributed by atoms with Gasteiger partial charge in [-0.1, -0.05) is 36.4 Å². The van der Waals surface area contributed by atoms with E-state index < -0.39 is 0 Å². The fourth-order valence-electron chi connectivity index (χ4n) is 3.73. The van der Waals surface area contributed by atoms with E-state index in [1.165, 1.54) is 21.5 Å². The van der Waals surface area contributed by atoms with E-state index in [-0.39, 0.29) is 0 Å². The number of hydrogen-bond acceptors (Lipinski definition) is 3. The zero-order valence-corrected chi connectivity index (χ0v) is 18.5. The van der Waals surface area contributed by atoms with E-state index in [9.17, 15) is 0 Å². The van der Waals surface area contributed by atoms with Crippen molar-refractivity contribution in [2.45, 2.75) is 43.9 Å². The van der Waals surface area contributed by atoms with Crippen LogP contribution in [-0.4, -0.2) is 16.2 Å². The second-order valence-electron chi connectivity index (χ2n) is 7.65. The molecule has 0 aliphatic rings. The number of imidazole rings is 1. The predicted molar refractivity (Wildman–Crippen MR) is 126 cm³/mol. The predicted octanol–water partition coefficient (Wildman–Crippen LogP) is 6.80. The normalized spacial score (nSPS) is 11.1. The van der Waals surface area contributed by atoms with Crippen LogP contribution < -0.4 is 4.74 Å². The number of aromatic nitrogens is 2. The van der Waals surface area contributed by atoms with E-state index in [4.69, 9.17) is 9.72 Å². The minimum Gasteiger partial charge on any atom is -0.494 e. The van der Waals surface area contributed by atoms with Crippen molar-refractivity contribution < 1.29 is 4.74 Å². The summed E-state index contributed by atoms with van der Waals surface area (Å²) in [4.78, 5) is 6.18. The molecule has 0 bridgehead atoms. The number of nitrogens with zero attached hydrogens (tertiary/aromatic N) is 2. The van der Waals surface area contributed by atoms with Crippen molar-refractivity contribution in [3.05, 3.63) is 89.7 Å². The third-order valence-electron chi connectivity index (χ3n) is 5.08. The third kappa shape index (κ3) is 5.25. The van der Waals surface area contributed by atoms with Crippen LogP contribution in [0.2, 0.25) is 0 Å². The number of para-hydroxylation sites is 2. The van der Waals surface area contributed by atoms with Crippen molar-refractivity contribution in [2.75, 3.05) is 6.61 Å². The summed E-state index contributed by atoms with van der Waals surface area (Å²) in [6.07, 6.45) is 2.08. The standard InChI is InChI=1S/C26H28N2OS/c1-20-16-21(2)18-22(17-20)29-15-9-8-14-28-25-13-7-6-12-24(25)27-26(28)19-30-23-10-4-3-5-11-23/h3-7,10-13,16-18H,8-9,14-15,19H2,1-2H3. The lowest BCUT2D eigenvalue weighted by atomic mass is 10.1.